The second-order valence-corrected chi connectivity index (χ2v) is 3.60. The van der Waals surface area contributed by atoms with Crippen molar-refractivity contribution < 1.29 is 14.3 Å². The second-order valence-electron chi connectivity index (χ2n) is 3.60. The van der Waals surface area contributed by atoms with E-state index in [2.05, 4.69) is 5.32 Å². The van der Waals surface area contributed by atoms with Crippen molar-refractivity contribution in [1.82, 2.24) is 5.32 Å². The number of carbonyl (C=O) groups is 1. The SMILES string of the molecule is CNCc1occ(C2CC2)c1C(=O)O. The normalized spacial score (nSPS) is 15.8. The van der Waals surface area contributed by atoms with Crippen LogP contribution in [0, 0.1) is 0 Å². The molecule has 1 aromatic rings. The molecule has 0 radical (unpaired) electrons. The molecule has 1 aliphatic carbocycles. The van der Waals surface area contributed by atoms with Crippen LogP contribution < -0.4 is 5.32 Å². The van der Waals surface area contributed by atoms with Gasteiger partial charge < -0.3 is 14.8 Å². The van der Waals surface area contributed by atoms with E-state index in [1.807, 2.05) is 0 Å². The van der Waals surface area contributed by atoms with Gasteiger partial charge in [-0.25, -0.2) is 4.79 Å². The lowest BCUT2D eigenvalue weighted by Gasteiger charge is -1.98. The molecule has 2 N–H and O–H groups in total. The van der Waals surface area contributed by atoms with Gasteiger partial charge >= 0.3 is 5.97 Å². The van der Waals surface area contributed by atoms with Crippen LogP contribution in [0.4, 0.5) is 0 Å². The first kappa shape index (κ1) is 9.27. The zero-order valence-corrected chi connectivity index (χ0v) is 8.04. The fraction of sp³-hybridized carbons (Fsp3) is 0.500. The van der Waals surface area contributed by atoms with Crippen molar-refractivity contribution in [2.45, 2.75) is 25.3 Å². The molecule has 4 heteroatoms. The Balaban J connectivity index is 2.35. The molecule has 4 nitrogen and oxygen atoms in total. The second kappa shape index (κ2) is 3.46. The highest BCUT2D eigenvalue weighted by Crippen LogP contribution is 2.43. The van der Waals surface area contributed by atoms with Crippen LogP contribution in [0.5, 0.6) is 0 Å². The summed E-state index contributed by atoms with van der Waals surface area (Å²) in [6.45, 7) is 0.467. The molecule has 14 heavy (non-hydrogen) atoms. The molecule has 0 aromatic carbocycles. The molecule has 0 amide bonds. The monoisotopic (exact) mass is 195 g/mol. The fourth-order valence-corrected chi connectivity index (χ4v) is 1.64. The van der Waals surface area contributed by atoms with Crippen molar-refractivity contribution in [3.05, 3.63) is 23.2 Å². The van der Waals surface area contributed by atoms with E-state index >= 15 is 0 Å². The van der Waals surface area contributed by atoms with Crippen LogP contribution >= 0.6 is 0 Å². The van der Waals surface area contributed by atoms with Crippen LogP contribution in [0.1, 0.15) is 40.4 Å². The minimum absolute atomic E-state index is 0.363. The first-order valence-corrected chi connectivity index (χ1v) is 4.72. The van der Waals surface area contributed by atoms with Gasteiger partial charge in [0.15, 0.2) is 0 Å². The largest absolute Gasteiger partial charge is 0.478 e. The molecule has 1 saturated carbocycles. The molecule has 1 fully saturated rings. The minimum atomic E-state index is -0.883. The first-order valence-electron chi connectivity index (χ1n) is 4.72. The van der Waals surface area contributed by atoms with Crippen LogP contribution in [0.2, 0.25) is 0 Å². The summed E-state index contributed by atoms with van der Waals surface area (Å²) < 4.78 is 5.26. The Hall–Kier alpha value is -1.29. The van der Waals surface area contributed by atoms with E-state index in [0.29, 0.717) is 23.8 Å². The quantitative estimate of drug-likeness (QED) is 0.765. The summed E-state index contributed by atoms with van der Waals surface area (Å²) in [5.41, 5.74) is 1.23. The van der Waals surface area contributed by atoms with E-state index in [-0.39, 0.29) is 0 Å². The number of carboxylic acids is 1. The van der Waals surface area contributed by atoms with E-state index in [1.165, 1.54) is 0 Å². The summed E-state index contributed by atoms with van der Waals surface area (Å²) in [5.74, 6) is 0.0586. The Labute approximate surface area is 81.9 Å². The third-order valence-corrected chi connectivity index (χ3v) is 2.46. The minimum Gasteiger partial charge on any atom is -0.478 e. The van der Waals surface area contributed by atoms with Crippen molar-refractivity contribution >= 4 is 5.97 Å². The molecule has 0 unspecified atom stereocenters. The number of nitrogens with one attached hydrogen (secondary N) is 1. The Morgan fingerprint density at radius 1 is 1.71 bits per heavy atom. The molecule has 1 heterocycles. The van der Waals surface area contributed by atoms with Gasteiger partial charge in [0.2, 0.25) is 0 Å². The smallest absolute Gasteiger partial charge is 0.339 e. The van der Waals surface area contributed by atoms with Gasteiger partial charge in [0.05, 0.1) is 12.8 Å². The molecule has 0 saturated heterocycles. The molecule has 1 aliphatic rings. The van der Waals surface area contributed by atoms with Crippen LogP contribution in [-0.4, -0.2) is 18.1 Å². The molecule has 0 atom stereocenters. The maximum Gasteiger partial charge on any atom is 0.339 e. The van der Waals surface area contributed by atoms with Crippen molar-refractivity contribution in [3.63, 3.8) is 0 Å². The summed E-state index contributed by atoms with van der Waals surface area (Å²) in [4.78, 5) is 11.0. The van der Waals surface area contributed by atoms with E-state index in [9.17, 15) is 4.79 Å². The average Bonchev–Trinajstić information content (AvgIpc) is 2.88. The van der Waals surface area contributed by atoms with E-state index in [4.69, 9.17) is 9.52 Å². The Morgan fingerprint density at radius 3 is 2.93 bits per heavy atom. The molecule has 0 spiro atoms. The topological polar surface area (TPSA) is 62.5 Å². The Bertz CT molecular complexity index is 352. The summed E-state index contributed by atoms with van der Waals surface area (Å²) in [7, 11) is 1.77. The Morgan fingerprint density at radius 2 is 2.43 bits per heavy atom. The lowest BCUT2D eigenvalue weighted by atomic mass is 10.1. The number of furan rings is 1. The van der Waals surface area contributed by atoms with Crippen molar-refractivity contribution in [1.29, 1.82) is 0 Å². The highest BCUT2D eigenvalue weighted by Gasteiger charge is 2.31. The van der Waals surface area contributed by atoms with Gasteiger partial charge in [0, 0.05) is 5.56 Å². The molecule has 0 aliphatic heterocycles. The third-order valence-electron chi connectivity index (χ3n) is 2.46. The molecule has 1 aromatic heterocycles. The molecular weight excluding hydrogens is 182 g/mol. The number of hydrogen-bond donors (Lipinski definition) is 2. The van der Waals surface area contributed by atoms with Crippen molar-refractivity contribution in [3.8, 4) is 0 Å². The average molecular weight is 195 g/mol. The summed E-state index contributed by atoms with van der Waals surface area (Å²) >= 11 is 0. The molecule has 2 rings (SSSR count). The Kier molecular flexibility index (Phi) is 2.29. The van der Waals surface area contributed by atoms with E-state index in [1.54, 1.807) is 13.3 Å². The standard InChI is InChI=1S/C10H13NO3/c1-11-4-8-9(10(12)13)7(5-14-8)6-2-3-6/h5-6,11H,2-4H2,1H3,(H,12,13). The van der Waals surface area contributed by atoms with Gasteiger partial charge in [-0.1, -0.05) is 0 Å². The lowest BCUT2D eigenvalue weighted by molar-refractivity contribution is 0.0693. The third kappa shape index (κ3) is 1.53. The van der Waals surface area contributed by atoms with Gasteiger partial charge in [-0.3, -0.25) is 0 Å². The van der Waals surface area contributed by atoms with Crippen LogP contribution in [-0.2, 0) is 6.54 Å². The van der Waals surface area contributed by atoms with Crippen LogP contribution in [0.15, 0.2) is 10.7 Å². The van der Waals surface area contributed by atoms with Gasteiger partial charge in [0.25, 0.3) is 0 Å². The number of hydrogen-bond acceptors (Lipinski definition) is 3. The van der Waals surface area contributed by atoms with Crippen LogP contribution in [0.25, 0.3) is 0 Å². The highest BCUT2D eigenvalue weighted by atomic mass is 16.4. The maximum atomic E-state index is 11.0. The number of carboxylic acid groups (broad SMARTS) is 1. The molecule has 76 valence electrons. The zero-order chi connectivity index (χ0) is 10.1. The fourth-order valence-electron chi connectivity index (χ4n) is 1.64. The lowest BCUT2D eigenvalue weighted by Crippen LogP contribution is -2.09. The predicted octanol–water partition coefficient (Wildman–Crippen LogP) is 1.57. The number of aromatic carboxylic acids is 1. The first-order chi connectivity index (χ1) is 6.74. The highest BCUT2D eigenvalue weighted by molar-refractivity contribution is 5.90. The molecule has 0 bridgehead atoms. The maximum absolute atomic E-state index is 11.0. The van der Waals surface area contributed by atoms with Gasteiger partial charge in [0.1, 0.15) is 11.3 Å². The van der Waals surface area contributed by atoms with Gasteiger partial charge in [-0.2, -0.15) is 0 Å². The summed E-state index contributed by atoms with van der Waals surface area (Å²) in [6, 6.07) is 0. The van der Waals surface area contributed by atoms with Gasteiger partial charge in [-0.05, 0) is 25.8 Å². The van der Waals surface area contributed by atoms with Crippen LogP contribution in [0.3, 0.4) is 0 Å². The summed E-state index contributed by atoms with van der Waals surface area (Å²) in [6.07, 6.45) is 3.76. The van der Waals surface area contributed by atoms with Crippen molar-refractivity contribution in [2.75, 3.05) is 7.05 Å². The van der Waals surface area contributed by atoms with Crippen molar-refractivity contribution in [2.24, 2.45) is 0 Å². The predicted molar refractivity (Wildman–Crippen MR) is 50.4 cm³/mol. The van der Waals surface area contributed by atoms with Gasteiger partial charge in [-0.15, -0.1) is 0 Å². The summed E-state index contributed by atoms with van der Waals surface area (Å²) in [5, 5.41) is 11.9. The van der Waals surface area contributed by atoms with E-state index in [0.717, 1.165) is 18.4 Å². The molecular formula is C10H13NO3. The zero-order valence-electron chi connectivity index (χ0n) is 8.04. The van der Waals surface area contributed by atoms with E-state index < -0.39 is 5.97 Å². The number of rotatable bonds is 4.